The number of ether oxygens (including phenoxy) is 2. The van der Waals surface area contributed by atoms with Crippen LogP contribution in [0.1, 0.15) is 48.2 Å². The molecular formula is C12H18N2O3. The molecule has 5 nitrogen and oxygen atoms in total. The number of hydrogen-bond acceptors (Lipinski definition) is 5. The third-order valence-electron chi connectivity index (χ3n) is 2.44. The van der Waals surface area contributed by atoms with Crippen molar-refractivity contribution in [1.29, 1.82) is 0 Å². The minimum absolute atomic E-state index is 0.134. The monoisotopic (exact) mass is 238 g/mol. The van der Waals surface area contributed by atoms with Crippen molar-refractivity contribution in [1.82, 2.24) is 9.97 Å². The summed E-state index contributed by atoms with van der Waals surface area (Å²) in [6.07, 6.45) is 2.15. The molecule has 0 bridgehead atoms. The topological polar surface area (TPSA) is 61.3 Å². The van der Waals surface area contributed by atoms with Gasteiger partial charge in [0.25, 0.3) is 0 Å². The van der Waals surface area contributed by atoms with E-state index in [0.29, 0.717) is 23.7 Å². The summed E-state index contributed by atoms with van der Waals surface area (Å²) >= 11 is 0. The van der Waals surface area contributed by atoms with Gasteiger partial charge in [0.15, 0.2) is 5.82 Å². The van der Waals surface area contributed by atoms with Gasteiger partial charge in [0.05, 0.1) is 17.9 Å². The van der Waals surface area contributed by atoms with Gasteiger partial charge < -0.3 is 9.47 Å². The van der Waals surface area contributed by atoms with E-state index in [-0.39, 0.29) is 12.1 Å². The van der Waals surface area contributed by atoms with Crippen LogP contribution in [0.3, 0.4) is 0 Å². The zero-order chi connectivity index (χ0) is 12.8. The Hall–Kier alpha value is -1.49. The molecular weight excluding hydrogens is 220 g/mol. The average Bonchev–Trinajstić information content (AvgIpc) is 2.31. The Morgan fingerprint density at radius 2 is 2.18 bits per heavy atom. The van der Waals surface area contributed by atoms with E-state index < -0.39 is 0 Å². The van der Waals surface area contributed by atoms with Crippen molar-refractivity contribution in [3.8, 4) is 0 Å². The number of methoxy groups -OCH3 is 1. The van der Waals surface area contributed by atoms with E-state index in [9.17, 15) is 4.79 Å². The highest BCUT2D eigenvalue weighted by Crippen LogP contribution is 2.17. The highest BCUT2D eigenvalue weighted by Gasteiger charge is 2.16. The molecule has 0 amide bonds. The Morgan fingerprint density at radius 3 is 2.65 bits per heavy atom. The first-order valence-corrected chi connectivity index (χ1v) is 5.67. The molecule has 0 fully saturated rings. The summed E-state index contributed by atoms with van der Waals surface area (Å²) in [7, 11) is 1.62. The number of aryl methyl sites for hydroxylation is 1. The SMILES string of the molecule is CCOC(=O)c1cnc(C(CC)OC)nc1C. The van der Waals surface area contributed by atoms with Crippen LogP contribution in [0, 0.1) is 6.92 Å². The number of rotatable bonds is 5. The van der Waals surface area contributed by atoms with Gasteiger partial charge in [-0.3, -0.25) is 0 Å². The van der Waals surface area contributed by atoms with Gasteiger partial charge in [-0.25, -0.2) is 14.8 Å². The molecule has 0 aliphatic carbocycles. The highest BCUT2D eigenvalue weighted by atomic mass is 16.5. The Balaban J connectivity index is 2.97. The number of carbonyl (C=O) groups excluding carboxylic acids is 1. The third-order valence-corrected chi connectivity index (χ3v) is 2.44. The van der Waals surface area contributed by atoms with Gasteiger partial charge in [0.2, 0.25) is 0 Å². The quantitative estimate of drug-likeness (QED) is 0.735. The van der Waals surface area contributed by atoms with Gasteiger partial charge in [0, 0.05) is 13.3 Å². The molecule has 0 aliphatic rings. The van der Waals surface area contributed by atoms with Gasteiger partial charge >= 0.3 is 5.97 Å². The van der Waals surface area contributed by atoms with Gasteiger partial charge in [0.1, 0.15) is 6.10 Å². The predicted molar refractivity (Wildman–Crippen MR) is 62.8 cm³/mol. The molecule has 0 aliphatic heterocycles. The fraction of sp³-hybridized carbons (Fsp3) is 0.583. The lowest BCUT2D eigenvalue weighted by Gasteiger charge is -2.12. The normalized spacial score (nSPS) is 12.2. The lowest BCUT2D eigenvalue weighted by atomic mass is 10.2. The van der Waals surface area contributed by atoms with Crippen molar-refractivity contribution in [2.45, 2.75) is 33.3 Å². The molecule has 17 heavy (non-hydrogen) atoms. The first-order valence-electron chi connectivity index (χ1n) is 5.67. The first kappa shape index (κ1) is 13.6. The molecule has 1 atom stereocenters. The predicted octanol–water partition coefficient (Wildman–Crippen LogP) is 2.06. The standard InChI is InChI=1S/C12H18N2O3/c1-5-10(16-4)11-13-7-9(8(3)14-11)12(15)17-6-2/h7,10H,5-6H2,1-4H3. The molecule has 94 valence electrons. The highest BCUT2D eigenvalue weighted by molar-refractivity contribution is 5.90. The molecule has 1 aromatic rings. The maximum absolute atomic E-state index is 11.6. The minimum Gasteiger partial charge on any atom is -0.462 e. The smallest absolute Gasteiger partial charge is 0.341 e. The summed E-state index contributed by atoms with van der Waals surface area (Å²) in [5.41, 5.74) is 1.02. The van der Waals surface area contributed by atoms with Crippen LogP contribution in [0.2, 0.25) is 0 Å². The second-order valence-electron chi connectivity index (χ2n) is 3.58. The van der Waals surface area contributed by atoms with Crippen LogP contribution in [-0.2, 0) is 9.47 Å². The van der Waals surface area contributed by atoms with E-state index in [4.69, 9.17) is 9.47 Å². The van der Waals surface area contributed by atoms with Crippen molar-refractivity contribution < 1.29 is 14.3 Å². The molecule has 0 radical (unpaired) electrons. The lowest BCUT2D eigenvalue weighted by molar-refractivity contribution is 0.0523. The molecule has 5 heteroatoms. The van der Waals surface area contributed by atoms with Gasteiger partial charge in [-0.15, -0.1) is 0 Å². The number of nitrogens with zero attached hydrogens (tertiary/aromatic N) is 2. The third kappa shape index (κ3) is 3.23. The second kappa shape index (κ2) is 6.30. The summed E-state index contributed by atoms with van der Waals surface area (Å²) in [4.78, 5) is 20.0. The van der Waals surface area contributed by atoms with Crippen LogP contribution >= 0.6 is 0 Å². The van der Waals surface area contributed by atoms with E-state index in [2.05, 4.69) is 9.97 Å². The van der Waals surface area contributed by atoms with E-state index in [1.54, 1.807) is 21.0 Å². The second-order valence-corrected chi connectivity index (χ2v) is 3.58. The van der Waals surface area contributed by atoms with Crippen LogP contribution in [0.5, 0.6) is 0 Å². The molecule has 0 saturated heterocycles. The first-order chi connectivity index (χ1) is 8.13. The van der Waals surface area contributed by atoms with Gasteiger partial charge in [-0.1, -0.05) is 6.92 Å². The molecule has 1 unspecified atom stereocenters. The summed E-state index contributed by atoms with van der Waals surface area (Å²) in [5.74, 6) is 0.211. The zero-order valence-corrected chi connectivity index (χ0v) is 10.7. The Labute approximate surface area is 101 Å². The molecule has 0 saturated carbocycles. The fourth-order valence-corrected chi connectivity index (χ4v) is 1.50. The van der Waals surface area contributed by atoms with Gasteiger partial charge in [-0.2, -0.15) is 0 Å². The zero-order valence-electron chi connectivity index (χ0n) is 10.7. The molecule has 0 spiro atoms. The van der Waals surface area contributed by atoms with Crippen molar-refractivity contribution in [3.63, 3.8) is 0 Å². The fourth-order valence-electron chi connectivity index (χ4n) is 1.50. The summed E-state index contributed by atoms with van der Waals surface area (Å²) in [6.45, 7) is 5.86. The van der Waals surface area contributed by atoms with E-state index in [0.717, 1.165) is 6.42 Å². The largest absolute Gasteiger partial charge is 0.462 e. The Morgan fingerprint density at radius 1 is 1.47 bits per heavy atom. The molecule has 1 aromatic heterocycles. The summed E-state index contributed by atoms with van der Waals surface area (Å²) in [5, 5.41) is 0. The molecule has 0 N–H and O–H groups in total. The van der Waals surface area contributed by atoms with Gasteiger partial charge in [-0.05, 0) is 20.3 Å². The van der Waals surface area contributed by atoms with Crippen molar-refractivity contribution in [2.75, 3.05) is 13.7 Å². The van der Waals surface area contributed by atoms with E-state index >= 15 is 0 Å². The number of aromatic nitrogens is 2. The van der Waals surface area contributed by atoms with Crippen LogP contribution in [0.15, 0.2) is 6.20 Å². The average molecular weight is 238 g/mol. The number of esters is 1. The molecule has 1 rings (SSSR count). The maximum Gasteiger partial charge on any atom is 0.341 e. The number of hydrogen-bond donors (Lipinski definition) is 0. The molecule has 0 aromatic carbocycles. The summed E-state index contributed by atoms with van der Waals surface area (Å²) in [6, 6.07) is 0. The maximum atomic E-state index is 11.6. The van der Waals surface area contributed by atoms with Crippen LogP contribution in [-0.4, -0.2) is 29.7 Å². The summed E-state index contributed by atoms with van der Waals surface area (Å²) < 4.78 is 10.2. The van der Waals surface area contributed by atoms with Crippen LogP contribution < -0.4 is 0 Å². The van der Waals surface area contributed by atoms with E-state index in [1.807, 2.05) is 6.92 Å². The molecule has 1 heterocycles. The van der Waals surface area contributed by atoms with Crippen molar-refractivity contribution >= 4 is 5.97 Å². The van der Waals surface area contributed by atoms with E-state index in [1.165, 1.54) is 6.20 Å². The number of carbonyl (C=O) groups is 1. The lowest BCUT2D eigenvalue weighted by Crippen LogP contribution is -2.12. The van der Waals surface area contributed by atoms with Crippen molar-refractivity contribution in [3.05, 3.63) is 23.3 Å². The van der Waals surface area contributed by atoms with Crippen LogP contribution in [0.25, 0.3) is 0 Å². The minimum atomic E-state index is -0.387. The van der Waals surface area contributed by atoms with Crippen molar-refractivity contribution in [2.24, 2.45) is 0 Å². The van der Waals surface area contributed by atoms with Crippen LogP contribution in [0.4, 0.5) is 0 Å². The Kier molecular flexibility index (Phi) is 5.03. The Bertz CT molecular complexity index is 389.